The van der Waals surface area contributed by atoms with Crippen LogP contribution in [0.2, 0.25) is 0 Å². The zero-order valence-corrected chi connectivity index (χ0v) is 18.1. The van der Waals surface area contributed by atoms with Crippen LogP contribution in [0.4, 0.5) is 0 Å². The van der Waals surface area contributed by atoms with Crippen molar-refractivity contribution < 1.29 is 9.32 Å². The van der Waals surface area contributed by atoms with Crippen molar-refractivity contribution in [1.29, 1.82) is 0 Å². The lowest BCUT2D eigenvalue weighted by molar-refractivity contribution is 0.0596. The zero-order valence-electron chi connectivity index (χ0n) is 17.3. The third-order valence-corrected chi connectivity index (χ3v) is 8.05. The van der Waals surface area contributed by atoms with Crippen LogP contribution in [0.15, 0.2) is 16.7 Å². The first kappa shape index (κ1) is 19.1. The summed E-state index contributed by atoms with van der Waals surface area (Å²) < 4.78 is 5.18. The van der Waals surface area contributed by atoms with Crippen LogP contribution in [0, 0.1) is 31.1 Å². The normalized spacial score (nSPS) is 29.8. The lowest BCUT2D eigenvalue weighted by Crippen LogP contribution is -2.48. The van der Waals surface area contributed by atoms with Crippen molar-refractivity contribution in [3.63, 3.8) is 0 Å². The number of aromatic nitrogens is 1. The number of nitrogens with zero attached hydrogens (tertiary/aromatic N) is 3. The molecule has 5 rings (SSSR count). The minimum atomic E-state index is 0.0625. The number of carbonyl (C=O) groups is 1. The molecule has 7 heteroatoms. The molecule has 156 valence electrons. The van der Waals surface area contributed by atoms with E-state index in [0.717, 1.165) is 50.1 Å². The Hall–Kier alpha value is -1.89. The molecule has 3 heterocycles. The second kappa shape index (κ2) is 7.11. The molecular weight excluding hydrogens is 384 g/mol. The first-order chi connectivity index (χ1) is 13.9. The molecule has 1 N–H and O–H groups in total. The molecule has 1 spiro atoms. The summed E-state index contributed by atoms with van der Waals surface area (Å²) in [5.41, 5.74) is 1.61. The van der Waals surface area contributed by atoms with Crippen LogP contribution in [0.5, 0.6) is 0 Å². The fraction of sp³-hybridized carbons (Fsp3) is 0.682. The number of likely N-dealkylation sites (tertiary alicyclic amines) is 2. The molecule has 1 aromatic rings. The molecule has 4 aliphatic rings. The number of fused-ring (bicyclic) bond motifs is 2. The number of piperidine rings is 1. The third kappa shape index (κ3) is 3.37. The summed E-state index contributed by atoms with van der Waals surface area (Å²) in [6.45, 7) is 7.29. The van der Waals surface area contributed by atoms with Crippen molar-refractivity contribution in [2.75, 3.05) is 26.2 Å². The van der Waals surface area contributed by atoms with Gasteiger partial charge in [0.25, 0.3) is 5.91 Å². The van der Waals surface area contributed by atoms with Gasteiger partial charge in [0, 0.05) is 32.2 Å². The standard InChI is InChI=1S/C22H30N4O2S/c1-14-19(15(2)28-24-14)20(27)25-8-5-22(6-9-25)7-10-26(13-22)21(29)23-18-12-16-3-4-17(18)11-16/h3-4,16-18H,5-13H2,1-2H3,(H,23,29)/t16-,17+,18?/m0/s1. The molecular formula is C22H30N4O2S. The molecule has 2 aliphatic heterocycles. The highest BCUT2D eigenvalue weighted by Gasteiger charge is 2.43. The van der Waals surface area contributed by atoms with E-state index < -0.39 is 0 Å². The highest BCUT2D eigenvalue weighted by atomic mass is 32.1. The Morgan fingerprint density at radius 2 is 1.90 bits per heavy atom. The van der Waals surface area contributed by atoms with Crippen LogP contribution < -0.4 is 5.32 Å². The van der Waals surface area contributed by atoms with Crippen molar-refractivity contribution >= 4 is 23.2 Å². The van der Waals surface area contributed by atoms with Crippen LogP contribution >= 0.6 is 12.2 Å². The highest BCUT2D eigenvalue weighted by molar-refractivity contribution is 7.80. The molecule has 29 heavy (non-hydrogen) atoms. The van der Waals surface area contributed by atoms with Gasteiger partial charge in [-0.25, -0.2) is 0 Å². The quantitative estimate of drug-likeness (QED) is 0.593. The van der Waals surface area contributed by atoms with Gasteiger partial charge in [0.15, 0.2) is 5.11 Å². The Morgan fingerprint density at radius 3 is 2.48 bits per heavy atom. The van der Waals surface area contributed by atoms with E-state index in [1.54, 1.807) is 0 Å². The summed E-state index contributed by atoms with van der Waals surface area (Å²) in [7, 11) is 0. The number of allylic oxidation sites excluding steroid dienone is 1. The first-order valence-corrected chi connectivity index (χ1v) is 11.3. The van der Waals surface area contributed by atoms with Crippen molar-refractivity contribution in [2.24, 2.45) is 17.3 Å². The third-order valence-electron chi connectivity index (χ3n) is 7.67. The molecule has 0 radical (unpaired) electrons. The average Bonchev–Trinajstić information content (AvgIpc) is 3.48. The number of rotatable bonds is 2. The molecule has 2 bridgehead atoms. The maximum absolute atomic E-state index is 12.9. The number of hydrogen-bond acceptors (Lipinski definition) is 4. The summed E-state index contributed by atoms with van der Waals surface area (Å²) >= 11 is 5.77. The minimum absolute atomic E-state index is 0.0625. The molecule has 1 saturated carbocycles. The monoisotopic (exact) mass is 414 g/mol. The van der Waals surface area contributed by atoms with Gasteiger partial charge >= 0.3 is 0 Å². The van der Waals surface area contributed by atoms with Crippen LogP contribution in [0.25, 0.3) is 0 Å². The summed E-state index contributed by atoms with van der Waals surface area (Å²) in [4.78, 5) is 17.3. The Labute approximate surface area is 177 Å². The minimum Gasteiger partial charge on any atom is -0.361 e. The van der Waals surface area contributed by atoms with Crippen molar-refractivity contribution in [3.8, 4) is 0 Å². The van der Waals surface area contributed by atoms with Crippen LogP contribution in [-0.2, 0) is 0 Å². The summed E-state index contributed by atoms with van der Waals surface area (Å²) in [5, 5.41) is 8.52. The average molecular weight is 415 g/mol. The van der Waals surface area contributed by atoms with Gasteiger partial charge in [-0.2, -0.15) is 0 Å². The number of aryl methyl sites for hydroxylation is 2. The van der Waals surface area contributed by atoms with E-state index in [0.29, 0.717) is 29.0 Å². The van der Waals surface area contributed by atoms with E-state index in [2.05, 4.69) is 27.5 Å². The second-order valence-corrected chi connectivity index (χ2v) is 9.89. The summed E-state index contributed by atoms with van der Waals surface area (Å²) in [6.07, 6.45) is 10.5. The second-order valence-electron chi connectivity index (χ2n) is 9.50. The Kier molecular flexibility index (Phi) is 4.68. The van der Waals surface area contributed by atoms with Crippen LogP contribution in [0.1, 0.15) is 53.9 Å². The van der Waals surface area contributed by atoms with Gasteiger partial charge in [0.1, 0.15) is 11.3 Å². The molecule has 1 amide bonds. The van der Waals surface area contributed by atoms with Crippen LogP contribution in [0.3, 0.4) is 0 Å². The Bertz CT molecular complexity index is 835. The summed E-state index contributed by atoms with van der Waals surface area (Å²) in [5.74, 6) is 2.09. The number of thiocarbonyl (C=S) groups is 1. The Morgan fingerprint density at radius 1 is 1.17 bits per heavy atom. The van der Waals surface area contributed by atoms with Gasteiger partial charge in [0.2, 0.25) is 0 Å². The number of carbonyl (C=O) groups excluding carboxylic acids is 1. The van der Waals surface area contributed by atoms with Gasteiger partial charge in [-0.15, -0.1) is 0 Å². The van der Waals surface area contributed by atoms with Gasteiger partial charge in [-0.3, -0.25) is 4.79 Å². The topological polar surface area (TPSA) is 61.6 Å². The molecule has 2 aliphatic carbocycles. The van der Waals surface area contributed by atoms with E-state index >= 15 is 0 Å². The maximum atomic E-state index is 12.9. The highest BCUT2D eigenvalue weighted by Crippen LogP contribution is 2.42. The molecule has 3 atom stereocenters. The Balaban J connectivity index is 1.16. The fourth-order valence-corrected chi connectivity index (χ4v) is 6.15. The van der Waals surface area contributed by atoms with Gasteiger partial charge in [-0.05, 0) is 75.4 Å². The largest absolute Gasteiger partial charge is 0.361 e. The van der Waals surface area contributed by atoms with Gasteiger partial charge < -0.3 is 19.6 Å². The molecule has 3 fully saturated rings. The lowest BCUT2D eigenvalue weighted by atomic mass is 9.77. The zero-order chi connectivity index (χ0) is 20.2. The van der Waals surface area contributed by atoms with E-state index in [9.17, 15) is 4.79 Å². The lowest BCUT2D eigenvalue weighted by Gasteiger charge is -2.39. The molecule has 1 aromatic heterocycles. The molecule has 0 aromatic carbocycles. The summed E-state index contributed by atoms with van der Waals surface area (Å²) in [6, 6.07) is 0.517. The molecule has 2 saturated heterocycles. The number of nitrogens with one attached hydrogen (secondary N) is 1. The van der Waals surface area contributed by atoms with Crippen molar-refractivity contribution in [3.05, 3.63) is 29.2 Å². The number of hydrogen-bond donors (Lipinski definition) is 1. The smallest absolute Gasteiger partial charge is 0.259 e. The predicted molar refractivity (Wildman–Crippen MR) is 115 cm³/mol. The van der Waals surface area contributed by atoms with E-state index in [1.165, 1.54) is 19.3 Å². The fourth-order valence-electron chi connectivity index (χ4n) is 5.84. The molecule has 6 nitrogen and oxygen atoms in total. The van der Waals surface area contributed by atoms with Crippen molar-refractivity contribution in [2.45, 2.75) is 52.0 Å². The predicted octanol–water partition coefficient (Wildman–Crippen LogP) is 3.06. The van der Waals surface area contributed by atoms with Crippen LogP contribution in [-0.4, -0.2) is 58.2 Å². The van der Waals surface area contributed by atoms with E-state index in [4.69, 9.17) is 16.7 Å². The number of amides is 1. The van der Waals surface area contributed by atoms with E-state index in [-0.39, 0.29) is 11.3 Å². The molecule has 1 unspecified atom stereocenters. The first-order valence-electron chi connectivity index (χ1n) is 10.9. The van der Waals surface area contributed by atoms with Gasteiger partial charge in [-0.1, -0.05) is 17.3 Å². The van der Waals surface area contributed by atoms with E-state index in [1.807, 2.05) is 18.7 Å². The maximum Gasteiger partial charge on any atom is 0.259 e. The van der Waals surface area contributed by atoms with Crippen molar-refractivity contribution in [1.82, 2.24) is 20.3 Å². The van der Waals surface area contributed by atoms with Gasteiger partial charge in [0.05, 0.1) is 5.69 Å². The SMILES string of the molecule is Cc1noc(C)c1C(=O)N1CCC2(CC1)CCN(C(=S)NC1C[C@H]3C=C[C@@H]1C3)C2.